The Morgan fingerprint density at radius 1 is 1.40 bits per heavy atom. The van der Waals surface area contributed by atoms with Crippen molar-refractivity contribution in [1.82, 2.24) is 0 Å². The van der Waals surface area contributed by atoms with E-state index < -0.39 is 20.9 Å². The van der Waals surface area contributed by atoms with E-state index in [2.05, 4.69) is 5.14 Å². The Labute approximate surface area is 61.1 Å². The third kappa shape index (κ3) is 2.64. The number of sulfonamides is 1. The van der Waals surface area contributed by atoms with Crippen molar-refractivity contribution in [3.8, 4) is 0 Å². The average Bonchev–Trinajstić information content (AvgIpc) is 1.59. The van der Waals surface area contributed by atoms with E-state index in [1.54, 1.807) is 20.8 Å². The van der Waals surface area contributed by atoms with Crippen LogP contribution in [0, 0.1) is 5.41 Å². The SMILES string of the molecule is CC(C)(C)C(O)S(N)(=O)=O. The molecule has 0 heterocycles. The zero-order valence-electron chi connectivity index (χ0n) is 6.33. The molecule has 5 heteroatoms. The highest BCUT2D eigenvalue weighted by Crippen LogP contribution is 2.21. The molecule has 1 atom stereocenters. The quantitative estimate of drug-likeness (QED) is 0.559. The summed E-state index contributed by atoms with van der Waals surface area (Å²) in [6, 6.07) is 0. The molecule has 0 bridgehead atoms. The summed E-state index contributed by atoms with van der Waals surface area (Å²) >= 11 is 0. The molecule has 0 radical (unpaired) electrons. The molecule has 0 aliphatic carbocycles. The van der Waals surface area contributed by atoms with Crippen LogP contribution in [-0.2, 0) is 10.0 Å². The van der Waals surface area contributed by atoms with Crippen molar-refractivity contribution in [2.45, 2.75) is 26.2 Å². The zero-order chi connectivity index (χ0) is 8.58. The van der Waals surface area contributed by atoms with E-state index in [0.717, 1.165) is 0 Å². The Morgan fingerprint density at radius 2 is 1.70 bits per heavy atom. The summed E-state index contributed by atoms with van der Waals surface area (Å²) in [5.41, 5.74) is -2.20. The highest BCUT2D eigenvalue weighted by atomic mass is 32.2. The summed E-state index contributed by atoms with van der Waals surface area (Å²) in [5, 5.41) is 13.7. The van der Waals surface area contributed by atoms with Gasteiger partial charge in [-0.05, 0) is 0 Å². The molecule has 0 aromatic rings. The Balaban J connectivity index is 4.56. The van der Waals surface area contributed by atoms with Crippen molar-refractivity contribution < 1.29 is 13.5 Å². The van der Waals surface area contributed by atoms with Crippen LogP contribution in [0.2, 0.25) is 0 Å². The van der Waals surface area contributed by atoms with Gasteiger partial charge in [0.05, 0.1) is 0 Å². The number of primary sulfonamides is 1. The van der Waals surface area contributed by atoms with Crippen LogP contribution in [-0.4, -0.2) is 19.0 Å². The van der Waals surface area contributed by atoms with Gasteiger partial charge in [0.15, 0.2) is 5.44 Å². The first-order valence-electron chi connectivity index (χ1n) is 2.85. The minimum absolute atomic E-state index is 0.715. The zero-order valence-corrected chi connectivity index (χ0v) is 7.14. The first-order chi connectivity index (χ1) is 4.15. The summed E-state index contributed by atoms with van der Waals surface area (Å²) < 4.78 is 21.0. The molecule has 0 aliphatic heterocycles. The predicted molar refractivity (Wildman–Crippen MR) is 38.6 cm³/mol. The van der Waals surface area contributed by atoms with Crippen LogP contribution in [0.25, 0.3) is 0 Å². The van der Waals surface area contributed by atoms with E-state index >= 15 is 0 Å². The van der Waals surface area contributed by atoms with Crippen LogP contribution in [0.5, 0.6) is 0 Å². The molecule has 0 aromatic carbocycles. The van der Waals surface area contributed by atoms with E-state index in [0.29, 0.717) is 0 Å². The summed E-state index contributed by atoms with van der Waals surface area (Å²) in [4.78, 5) is 0. The molecule has 0 aliphatic rings. The van der Waals surface area contributed by atoms with Gasteiger partial charge in [0.1, 0.15) is 0 Å². The van der Waals surface area contributed by atoms with Crippen molar-refractivity contribution in [1.29, 1.82) is 0 Å². The summed E-state index contributed by atoms with van der Waals surface area (Å²) in [6.07, 6.45) is 0. The number of aliphatic hydroxyl groups is 1. The first-order valence-corrected chi connectivity index (χ1v) is 4.46. The van der Waals surface area contributed by atoms with Gasteiger partial charge in [0.2, 0.25) is 10.0 Å². The third-order valence-electron chi connectivity index (χ3n) is 1.05. The number of nitrogens with two attached hydrogens (primary N) is 1. The Bertz CT molecular complexity index is 201. The maximum atomic E-state index is 10.5. The predicted octanol–water partition coefficient (Wildman–Crippen LogP) is -0.361. The second kappa shape index (κ2) is 2.48. The van der Waals surface area contributed by atoms with Gasteiger partial charge >= 0.3 is 0 Å². The van der Waals surface area contributed by atoms with Crippen molar-refractivity contribution in [2.75, 3.05) is 0 Å². The summed E-state index contributed by atoms with van der Waals surface area (Å²) in [7, 11) is -3.80. The molecule has 4 nitrogen and oxygen atoms in total. The maximum Gasteiger partial charge on any atom is 0.236 e. The second-order valence-corrected chi connectivity index (χ2v) is 4.93. The molecule has 62 valence electrons. The average molecular weight is 167 g/mol. The fraction of sp³-hybridized carbons (Fsp3) is 1.00. The third-order valence-corrected chi connectivity index (χ3v) is 2.38. The topological polar surface area (TPSA) is 80.4 Å². The van der Waals surface area contributed by atoms with E-state index in [9.17, 15) is 8.42 Å². The Hall–Kier alpha value is -0.130. The Morgan fingerprint density at radius 3 is 1.70 bits per heavy atom. The largest absolute Gasteiger partial charge is 0.375 e. The van der Waals surface area contributed by atoms with Gasteiger partial charge in [-0.3, -0.25) is 0 Å². The number of aliphatic hydroxyl groups excluding tert-OH is 1. The lowest BCUT2D eigenvalue weighted by Gasteiger charge is -2.23. The molecular formula is C5H13NO3S. The fourth-order valence-corrected chi connectivity index (χ4v) is 1.48. The van der Waals surface area contributed by atoms with Crippen LogP contribution < -0.4 is 5.14 Å². The van der Waals surface area contributed by atoms with E-state index in [1.165, 1.54) is 0 Å². The van der Waals surface area contributed by atoms with Crippen molar-refractivity contribution in [3.05, 3.63) is 0 Å². The molecule has 0 aromatic heterocycles. The molecule has 0 fully saturated rings. The van der Waals surface area contributed by atoms with Gasteiger partial charge in [-0.1, -0.05) is 20.8 Å². The molecule has 0 spiro atoms. The van der Waals surface area contributed by atoms with E-state index in [-0.39, 0.29) is 0 Å². The van der Waals surface area contributed by atoms with Crippen molar-refractivity contribution in [2.24, 2.45) is 10.6 Å². The lowest BCUT2D eigenvalue weighted by atomic mass is 9.98. The van der Waals surface area contributed by atoms with Gasteiger partial charge in [-0.25, -0.2) is 13.6 Å². The summed E-state index contributed by atoms with van der Waals surface area (Å²) in [5.74, 6) is 0. The molecule has 3 N–H and O–H groups in total. The smallest absolute Gasteiger partial charge is 0.236 e. The monoisotopic (exact) mass is 167 g/mol. The van der Waals surface area contributed by atoms with Crippen LogP contribution in [0.4, 0.5) is 0 Å². The maximum absolute atomic E-state index is 10.5. The standard InChI is InChI=1S/C5H13NO3S/c1-5(2,3)4(7)10(6,8)9/h4,7H,1-3H3,(H2,6,8,9). The van der Waals surface area contributed by atoms with Crippen LogP contribution in [0.3, 0.4) is 0 Å². The molecule has 0 amide bonds. The van der Waals surface area contributed by atoms with Gasteiger partial charge < -0.3 is 5.11 Å². The molecule has 0 saturated heterocycles. The fourth-order valence-electron chi connectivity index (χ4n) is 0.493. The minimum atomic E-state index is -3.80. The summed E-state index contributed by atoms with van der Waals surface area (Å²) in [6.45, 7) is 4.80. The molecule has 0 rings (SSSR count). The van der Waals surface area contributed by atoms with E-state index in [1.807, 2.05) is 0 Å². The van der Waals surface area contributed by atoms with Crippen molar-refractivity contribution in [3.63, 3.8) is 0 Å². The Kier molecular flexibility index (Phi) is 2.45. The lowest BCUT2D eigenvalue weighted by molar-refractivity contribution is 0.132. The van der Waals surface area contributed by atoms with Crippen LogP contribution in [0.1, 0.15) is 20.8 Å². The normalized spacial score (nSPS) is 16.9. The number of hydrogen-bond acceptors (Lipinski definition) is 3. The van der Waals surface area contributed by atoms with Crippen LogP contribution in [0.15, 0.2) is 0 Å². The number of hydrogen-bond donors (Lipinski definition) is 2. The number of rotatable bonds is 1. The highest BCUT2D eigenvalue weighted by Gasteiger charge is 2.31. The molecular weight excluding hydrogens is 154 g/mol. The van der Waals surface area contributed by atoms with Gasteiger partial charge in [0.25, 0.3) is 0 Å². The highest BCUT2D eigenvalue weighted by molar-refractivity contribution is 7.89. The van der Waals surface area contributed by atoms with Crippen molar-refractivity contribution >= 4 is 10.0 Å². The van der Waals surface area contributed by atoms with Crippen LogP contribution >= 0.6 is 0 Å². The minimum Gasteiger partial charge on any atom is -0.375 e. The van der Waals surface area contributed by atoms with Gasteiger partial charge in [-0.2, -0.15) is 0 Å². The van der Waals surface area contributed by atoms with Gasteiger partial charge in [-0.15, -0.1) is 0 Å². The lowest BCUT2D eigenvalue weighted by Crippen LogP contribution is -2.38. The molecule has 0 saturated carbocycles. The van der Waals surface area contributed by atoms with E-state index in [4.69, 9.17) is 5.11 Å². The van der Waals surface area contributed by atoms with Gasteiger partial charge in [0, 0.05) is 5.41 Å². The molecule has 10 heavy (non-hydrogen) atoms. The second-order valence-electron chi connectivity index (χ2n) is 3.31. The first kappa shape index (κ1) is 9.87. The molecule has 1 unspecified atom stereocenters.